The number of amides is 1. The number of hydrogen-bond donors (Lipinski definition) is 0. The monoisotopic (exact) mass is 538 g/mol. The van der Waals surface area contributed by atoms with Crippen LogP contribution in [0.5, 0.6) is 0 Å². The van der Waals surface area contributed by atoms with Gasteiger partial charge in [-0.3, -0.25) is 9.78 Å². The summed E-state index contributed by atoms with van der Waals surface area (Å²) in [5.41, 5.74) is 0.701. The fourth-order valence-corrected chi connectivity index (χ4v) is 4.90. The number of benzene rings is 2. The van der Waals surface area contributed by atoms with Crippen molar-refractivity contribution < 1.29 is 23.2 Å². The van der Waals surface area contributed by atoms with E-state index in [1.807, 2.05) is 52.8 Å². The first-order valence-electron chi connectivity index (χ1n) is 12.5. The first-order valence-corrected chi connectivity index (χ1v) is 12.8. The van der Waals surface area contributed by atoms with Crippen molar-refractivity contribution in [3.05, 3.63) is 93.5 Å². The van der Waals surface area contributed by atoms with Crippen LogP contribution < -0.4 is 5.46 Å². The Morgan fingerprint density at radius 2 is 1.71 bits per heavy atom. The van der Waals surface area contributed by atoms with E-state index in [0.29, 0.717) is 33.7 Å². The van der Waals surface area contributed by atoms with Crippen LogP contribution in [-0.4, -0.2) is 41.7 Å². The molecule has 1 unspecified atom stereocenters. The normalized spacial score (nSPS) is 17.8. The van der Waals surface area contributed by atoms with Gasteiger partial charge in [0, 0.05) is 29.5 Å². The zero-order valence-corrected chi connectivity index (χ0v) is 23.6. The molecule has 1 atom stereocenters. The highest BCUT2D eigenvalue weighted by molar-refractivity contribution is 6.62. The van der Waals surface area contributed by atoms with Crippen LogP contribution in [0.3, 0.4) is 0 Å². The number of aromatic nitrogens is 1. The number of carbonyl (C=O) groups excluding carboxylic acids is 1. The molecule has 0 radical (unpaired) electrons. The summed E-state index contributed by atoms with van der Waals surface area (Å²) in [4.78, 5) is 18.5. The highest BCUT2D eigenvalue weighted by Gasteiger charge is 2.52. The van der Waals surface area contributed by atoms with Gasteiger partial charge in [-0.25, -0.2) is 4.39 Å². The number of nitrogens with zero attached hydrogens (tertiary/aromatic N) is 2. The van der Waals surface area contributed by atoms with Gasteiger partial charge in [-0.1, -0.05) is 35.9 Å². The van der Waals surface area contributed by atoms with Gasteiger partial charge in [0.1, 0.15) is 5.82 Å². The molecule has 9 heteroatoms. The summed E-state index contributed by atoms with van der Waals surface area (Å²) in [7, 11) is 0.711. The molecule has 1 aliphatic rings. The van der Waals surface area contributed by atoms with E-state index in [-0.39, 0.29) is 12.1 Å². The van der Waals surface area contributed by atoms with Crippen molar-refractivity contribution in [3.63, 3.8) is 0 Å². The van der Waals surface area contributed by atoms with E-state index in [1.54, 1.807) is 37.4 Å². The summed E-state index contributed by atoms with van der Waals surface area (Å²) in [6, 6.07) is 13.8. The molecule has 3 aromatic rings. The number of pyridine rings is 1. The molecule has 0 N–H and O–H groups in total. The number of rotatable bonds is 8. The molecule has 200 valence electrons. The third-order valence-corrected chi connectivity index (χ3v) is 7.79. The average molecular weight is 539 g/mol. The van der Waals surface area contributed by atoms with Gasteiger partial charge < -0.3 is 18.9 Å². The number of hydrogen-bond acceptors (Lipinski definition) is 5. The van der Waals surface area contributed by atoms with Gasteiger partial charge in [-0.05, 0) is 82.4 Å². The van der Waals surface area contributed by atoms with Crippen LogP contribution in [0.4, 0.5) is 4.39 Å². The summed E-state index contributed by atoms with van der Waals surface area (Å²) < 4.78 is 34.7. The molecule has 1 amide bonds. The Bertz CT molecular complexity index is 1280. The molecule has 1 aromatic heterocycles. The Balaban J connectivity index is 1.87. The Labute approximate surface area is 229 Å². The molecule has 1 aliphatic heterocycles. The predicted molar refractivity (Wildman–Crippen MR) is 147 cm³/mol. The molecule has 0 bridgehead atoms. The lowest BCUT2D eigenvalue weighted by atomic mass is 9.76. The van der Waals surface area contributed by atoms with Crippen molar-refractivity contribution in [3.8, 4) is 0 Å². The first kappa shape index (κ1) is 28.2. The third kappa shape index (κ3) is 4.98. The zero-order chi connectivity index (χ0) is 27.9. The Kier molecular flexibility index (Phi) is 7.74. The Hall–Kier alpha value is -2.78. The van der Waals surface area contributed by atoms with Crippen molar-refractivity contribution in [2.75, 3.05) is 7.11 Å². The number of carbonyl (C=O) groups is 1. The minimum absolute atomic E-state index is 0.0815. The van der Waals surface area contributed by atoms with Crippen molar-refractivity contribution in [1.82, 2.24) is 9.88 Å². The standard InChI is InChI=1S/C29H33BClFN2O4/c1-19-8-13-24(33-16-19)17-34(18-35)29(36-7,21-9-11-23(31)12-10-21)26-20(2)14-22(15-25(26)32)30-37-27(3,4)28(5,6)38-30/h8-16,18H,17H2,1-7H3. The maximum Gasteiger partial charge on any atom is 0.494 e. The number of ether oxygens (including phenoxy) is 1. The Morgan fingerprint density at radius 3 is 2.21 bits per heavy atom. The highest BCUT2D eigenvalue weighted by atomic mass is 35.5. The fraction of sp³-hybridized carbons (Fsp3) is 0.379. The predicted octanol–water partition coefficient (Wildman–Crippen LogP) is 5.30. The van der Waals surface area contributed by atoms with Crippen LogP contribution >= 0.6 is 11.6 Å². The van der Waals surface area contributed by atoms with Crippen LogP contribution in [-0.2, 0) is 31.1 Å². The van der Waals surface area contributed by atoms with Crippen molar-refractivity contribution >= 4 is 30.6 Å². The second-order valence-corrected chi connectivity index (χ2v) is 11.1. The SMILES string of the molecule is COC(c1ccc(Cl)cc1)(c1c(C)cc(B2OC(C)(C)C(C)(C)O2)cc1F)N(C=O)Cc1ccc(C)cn1. The third-order valence-electron chi connectivity index (χ3n) is 7.54. The maximum absolute atomic E-state index is 16.3. The van der Waals surface area contributed by atoms with Crippen molar-refractivity contribution in [1.29, 1.82) is 0 Å². The second-order valence-electron chi connectivity index (χ2n) is 10.7. The van der Waals surface area contributed by atoms with E-state index >= 15 is 4.39 Å². The number of halogens is 2. The first-order chi connectivity index (χ1) is 17.8. The summed E-state index contributed by atoms with van der Waals surface area (Å²) in [6.07, 6.45) is 2.38. The lowest BCUT2D eigenvalue weighted by Gasteiger charge is -2.42. The van der Waals surface area contributed by atoms with E-state index in [2.05, 4.69) is 4.98 Å². The average Bonchev–Trinajstić information content (AvgIpc) is 3.08. The molecule has 1 fully saturated rings. The van der Waals surface area contributed by atoms with Gasteiger partial charge in [0.15, 0.2) is 5.72 Å². The molecule has 1 saturated heterocycles. The van der Waals surface area contributed by atoms with Crippen LogP contribution in [0.25, 0.3) is 0 Å². The van der Waals surface area contributed by atoms with E-state index < -0.39 is 29.9 Å². The van der Waals surface area contributed by atoms with Crippen LogP contribution in [0, 0.1) is 19.7 Å². The Morgan fingerprint density at radius 1 is 1.08 bits per heavy atom. The van der Waals surface area contributed by atoms with Crippen molar-refractivity contribution in [2.45, 2.75) is 65.0 Å². The lowest BCUT2D eigenvalue weighted by Crippen LogP contribution is -2.49. The molecular formula is C29H33BClFN2O4. The fourth-order valence-electron chi connectivity index (χ4n) is 4.77. The van der Waals surface area contributed by atoms with E-state index in [9.17, 15) is 4.79 Å². The van der Waals surface area contributed by atoms with Crippen LogP contribution in [0.1, 0.15) is 55.6 Å². The lowest BCUT2D eigenvalue weighted by molar-refractivity contribution is -0.150. The highest BCUT2D eigenvalue weighted by Crippen LogP contribution is 2.41. The van der Waals surface area contributed by atoms with E-state index in [0.717, 1.165) is 5.56 Å². The van der Waals surface area contributed by atoms with E-state index in [1.165, 1.54) is 18.1 Å². The van der Waals surface area contributed by atoms with Crippen LogP contribution in [0.2, 0.25) is 5.02 Å². The molecule has 4 rings (SSSR count). The summed E-state index contributed by atoms with van der Waals surface area (Å²) >= 11 is 6.18. The van der Waals surface area contributed by atoms with Gasteiger partial charge >= 0.3 is 7.12 Å². The summed E-state index contributed by atoms with van der Waals surface area (Å²) in [6.45, 7) is 11.6. The molecular weight excluding hydrogens is 506 g/mol. The largest absolute Gasteiger partial charge is 0.494 e. The van der Waals surface area contributed by atoms with E-state index in [4.69, 9.17) is 25.6 Å². The minimum atomic E-state index is -1.61. The molecule has 38 heavy (non-hydrogen) atoms. The van der Waals surface area contributed by atoms with Gasteiger partial charge in [-0.15, -0.1) is 0 Å². The molecule has 6 nitrogen and oxygen atoms in total. The quantitative estimate of drug-likeness (QED) is 0.221. The maximum atomic E-state index is 16.3. The molecule has 0 saturated carbocycles. The zero-order valence-electron chi connectivity index (χ0n) is 22.8. The molecule has 2 heterocycles. The minimum Gasteiger partial charge on any atom is -0.399 e. The summed E-state index contributed by atoms with van der Waals surface area (Å²) in [5, 5.41) is 0.505. The van der Waals surface area contributed by atoms with Gasteiger partial charge in [0.2, 0.25) is 6.41 Å². The topological polar surface area (TPSA) is 60.9 Å². The molecule has 0 aliphatic carbocycles. The molecule has 0 spiro atoms. The number of aryl methyl sites for hydroxylation is 2. The second kappa shape index (κ2) is 10.4. The van der Waals surface area contributed by atoms with Crippen LogP contribution in [0.15, 0.2) is 54.7 Å². The van der Waals surface area contributed by atoms with Gasteiger partial charge in [-0.2, -0.15) is 0 Å². The van der Waals surface area contributed by atoms with Crippen molar-refractivity contribution in [2.24, 2.45) is 0 Å². The van der Waals surface area contributed by atoms with Gasteiger partial charge in [0.25, 0.3) is 0 Å². The smallest absolute Gasteiger partial charge is 0.399 e. The van der Waals surface area contributed by atoms with Gasteiger partial charge in [0.05, 0.1) is 23.4 Å². The summed E-state index contributed by atoms with van der Waals surface area (Å²) in [5.74, 6) is -0.560. The number of methoxy groups -OCH3 is 1. The molecule has 2 aromatic carbocycles.